The molecule has 12 heteroatoms. The van der Waals surface area contributed by atoms with Gasteiger partial charge in [0.15, 0.2) is 5.69 Å². The molecule has 0 bridgehead atoms. The van der Waals surface area contributed by atoms with E-state index in [4.69, 9.17) is 4.42 Å². The van der Waals surface area contributed by atoms with Crippen molar-refractivity contribution in [1.29, 1.82) is 0 Å². The van der Waals surface area contributed by atoms with Crippen LogP contribution in [0.25, 0.3) is 16.6 Å². The van der Waals surface area contributed by atoms with Crippen LogP contribution in [0, 0.1) is 12.7 Å². The molecule has 1 unspecified atom stereocenters. The average molecular weight is 493 g/mol. The maximum absolute atomic E-state index is 13.3. The number of aromatic nitrogens is 4. The van der Waals surface area contributed by atoms with Gasteiger partial charge in [-0.25, -0.2) is 18.9 Å². The number of amides is 4. The van der Waals surface area contributed by atoms with Crippen molar-refractivity contribution in [3.8, 4) is 5.69 Å². The van der Waals surface area contributed by atoms with Crippen molar-refractivity contribution in [1.82, 2.24) is 35.3 Å². The zero-order valence-electron chi connectivity index (χ0n) is 20.1. The van der Waals surface area contributed by atoms with Crippen LogP contribution in [0.15, 0.2) is 47.3 Å². The molecule has 0 saturated heterocycles. The van der Waals surface area contributed by atoms with Gasteiger partial charge >= 0.3 is 6.03 Å². The van der Waals surface area contributed by atoms with Crippen LogP contribution in [-0.4, -0.2) is 56.6 Å². The zero-order valence-corrected chi connectivity index (χ0v) is 20.1. The summed E-state index contributed by atoms with van der Waals surface area (Å²) >= 11 is 0. The summed E-state index contributed by atoms with van der Waals surface area (Å²) in [6.07, 6.45) is 4.95. The first-order valence-corrected chi connectivity index (χ1v) is 11.1. The topological polar surface area (TPSA) is 135 Å². The van der Waals surface area contributed by atoms with Gasteiger partial charge in [-0.15, -0.1) is 0 Å². The predicted octanol–water partition coefficient (Wildman–Crippen LogP) is 3.15. The highest BCUT2D eigenvalue weighted by molar-refractivity contribution is 6.06. The highest BCUT2D eigenvalue weighted by Crippen LogP contribution is 2.24. The fourth-order valence-electron chi connectivity index (χ4n) is 3.67. The number of imide groups is 1. The van der Waals surface area contributed by atoms with Crippen molar-refractivity contribution in [2.75, 3.05) is 14.1 Å². The van der Waals surface area contributed by atoms with Crippen LogP contribution in [-0.2, 0) is 0 Å². The Labute approximate surface area is 205 Å². The lowest BCUT2D eigenvalue weighted by atomic mass is 10.1. The normalized spacial score (nSPS) is 11.8. The van der Waals surface area contributed by atoms with Gasteiger partial charge in [0.05, 0.1) is 29.2 Å². The molecule has 4 amide bonds. The Morgan fingerprint density at radius 1 is 1.17 bits per heavy atom. The van der Waals surface area contributed by atoms with Gasteiger partial charge in [0.25, 0.3) is 11.8 Å². The number of hydrogen-bond acceptors (Lipinski definition) is 7. The molecule has 11 nitrogen and oxygen atoms in total. The lowest BCUT2D eigenvalue weighted by molar-refractivity contribution is 0.0825. The van der Waals surface area contributed by atoms with Crippen LogP contribution < -0.4 is 10.6 Å². The maximum Gasteiger partial charge on any atom is 0.323 e. The first kappa shape index (κ1) is 24.5. The Balaban J connectivity index is 1.60. The molecule has 0 aliphatic heterocycles. The van der Waals surface area contributed by atoms with Crippen molar-refractivity contribution in [2.45, 2.75) is 26.3 Å². The largest absolute Gasteiger partial charge is 0.443 e. The van der Waals surface area contributed by atoms with E-state index in [0.29, 0.717) is 23.0 Å². The van der Waals surface area contributed by atoms with Crippen LogP contribution in [0.5, 0.6) is 0 Å². The Bertz CT molecular complexity index is 1440. The molecule has 0 spiro atoms. The molecule has 4 rings (SSSR count). The Hall–Kier alpha value is -4.61. The number of hydrogen-bond donors (Lipinski definition) is 2. The molecule has 1 atom stereocenters. The number of nitrogens with one attached hydrogen (secondary N) is 2. The number of halogens is 1. The molecule has 0 fully saturated rings. The first-order valence-electron chi connectivity index (χ1n) is 11.1. The molecule has 3 aromatic heterocycles. The number of benzene rings is 1. The summed E-state index contributed by atoms with van der Waals surface area (Å²) in [7, 11) is 2.74. The number of rotatable bonds is 6. The van der Waals surface area contributed by atoms with E-state index < -0.39 is 23.9 Å². The van der Waals surface area contributed by atoms with Crippen LogP contribution in [0.4, 0.5) is 9.18 Å². The standard InChI is InChI=1S/C24H24FN7O4/c1-5-18(22-30-20(13(2)36-22)23(34)31(4)24(35)26-3)29-21(33)17-10-27-12-19-16(17)11-28-32(19)15-8-6-14(25)7-9-15/h6-12,18H,5H2,1-4H3,(H,26,35)(H,29,33). The monoisotopic (exact) mass is 493 g/mol. The number of nitrogens with zero attached hydrogens (tertiary/aromatic N) is 5. The molecule has 36 heavy (non-hydrogen) atoms. The lowest BCUT2D eigenvalue weighted by Crippen LogP contribution is -2.39. The second-order valence-corrected chi connectivity index (χ2v) is 7.96. The van der Waals surface area contributed by atoms with E-state index in [1.807, 2.05) is 6.92 Å². The minimum atomic E-state index is -0.648. The van der Waals surface area contributed by atoms with Crippen molar-refractivity contribution in [3.05, 3.63) is 71.6 Å². The first-order chi connectivity index (χ1) is 17.2. The second kappa shape index (κ2) is 9.94. The molecule has 0 aliphatic rings. The Morgan fingerprint density at radius 3 is 2.56 bits per heavy atom. The van der Waals surface area contributed by atoms with Gasteiger partial charge in [-0.05, 0) is 37.6 Å². The number of carbonyl (C=O) groups is 3. The zero-order chi connectivity index (χ0) is 26.0. The Morgan fingerprint density at radius 2 is 1.89 bits per heavy atom. The van der Waals surface area contributed by atoms with Crippen LogP contribution in [0.2, 0.25) is 0 Å². The summed E-state index contributed by atoms with van der Waals surface area (Å²) in [6.45, 7) is 3.39. The number of oxazole rings is 1. The van der Waals surface area contributed by atoms with Crippen LogP contribution in [0.1, 0.15) is 51.9 Å². The lowest BCUT2D eigenvalue weighted by Gasteiger charge is -2.14. The smallest absolute Gasteiger partial charge is 0.323 e. The summed E-state index contributed by atoms with van der Waals surface area (Å²) in [5, 5.41) is 10.1. The molecule has 0 aliphatic carbocycles. The third-order valence-electron chi connectivity index (χ3n) is 5.66. The number of carbonyl (C=O) groups excluding carboxylic acids is 3. The summed E-state index contributed by atoms with van der Waals surface area (Å²) < 4.78 is 20.6. The quantitative estimate of drug-likeness (QED) is 0.421. The van der Waals surface area contributed by atoms with E-state index >= 15 is 0 Å². The molecule has 1 aromatic carbocycles. The van der Waals surface area contributed by atoms with Crippen molar-refractivity contribution in [3.63, 3.8) is 0 Å². The molecule has 186 valence electrons. The van der Waals surface area contributed by atoms with E-state index in [9.17, 15) is 18.8 Å². The van der Waals surface area contributed by atoms with Crippen molar-refractivity contribution < 1.29 is 23.2 Å². The maximum atomic E-state index is 13.3. The minimum absolute atomic E-state index is 0.0202. The molecule has 3 heterocycles. The highest BCUT2D eigenvalue weighted by atomic mass is 19.1. The number of fused-ring (bicyclic) bond motifs is 1. The van der Waals surface area contributed by atoms with Gasteiger partial charge in [0, 0.05) is 25.7 Å². The van der Waals surface area contributed by atoms with Crippen LogP contribution in [0.3, 0.4) is 0 Å². The van der Waals surface area contributed by atoms with Crippen molar-refractivity contribution in [2.24, 2.45) is 0 Å². The molecule has 2 N–H and O–H groups in total. The highest BCUT2D eigenvalue weighted by Gasteiger charge is 2.28. The average Bonchev–Trinajstić information content (AvgIpc) is 3.49. The van der Waals surface area contributed by atoms with Crippen LogP contribution >= 0.6 is 0 Å². The van der Waals surface area contributed by atoms with Gasteiger partial charge in [0.1, 0.15) is 17.6 Å². The van der Waals surface area contributed by atoms with Gasteiger partial charge in [-0.2, -0.15) is 5.10 Å². The summed E-state index contributed by atoms with van der Waals surface area (Å²) in [5.74, 6) is -1.08. The third-order valence-corrected chi connectivity index (χ3v) is 5.66. The summed E-state index contributed by atoms with van der Waals surface area (Å²) in [6, 6.07) is 4.56. The molecule has 0 saturated carbocycles. The Kier molecular flexibility index (Phi) is 6.77. The van der Waals surface area contributed by atoms with E-state index in [1.54, 1.807) is 29.9 Å². The molecule has 4 aromatic rings. The molecular formula is C24H24FN7O4. The van der Waals surface area contributed by atoms with Gasteiger partial charge in [-0.3, -0.25) is 19.5 Å². The third kappa shape index (κ3) is 4.52. The van der Waals surface area contributed by atoms with E-state index in [2.05, 4.69) is 25.7 Å². The van der Waals surface area contributed by atoms with Gasteiger partial charge < -0.3 is 15.1 Å². The van der Waals surface area contributed by atoms with Crippen molar-refractivity contribution >= 4 is 28.7 Å². The SMILES string of the molecule is CCC(NC(=O)c1cncc2c1cnn2-c1ccc(F)cc1)c1nc(C(=O)N(C)C(=O)NC)c(C)o1. The van der Waals surface area contributed by atoms with E-state index in [-0.39, 0.29) is 28.7 Å². The molecule has 0 radical (unpaired) electrons. The number of pyridine rings is 1. The predicted molar refractivity (Wildman–Crippen MR) is 127 cm³/mol. The number of aryl methyl sites for hydroxylation is 1. The minimum Gasteiger partial charge on any atom is -0.443 e. The fraction of sp³-hybridized carbons (Fsp3) is 0.250. The fourth-order valence-corrected chi connectivity index (χ4v) is 3.67. The summed E-state index contributed by atoms with van der Waals surface area (Å²) in [5.41, 5.74) is 1.44. The molecular weight excluding hydrogens is 469 g/mol. The van der Waals surface area contributed by atoms with E-state index in [1.165, 1.54) is 38.6 Å². The van der Waals surface area contributed by atoms with Gasteiger partial charge in [-0.1, -0.05) is 6.92 Å². The van der Waals surface area contributed by atoms with E-state index in [0.717, 1.165) is 4.90 Å². The second-order valence-electron chi connectivity index (χ2n) is 7.96. The van der Waals surface area contributed by atoms with Gasteiger partial charge in [0.2, 0.25) is 5.89 Å². The summed E-state index contributed by atoms with van der Waals surface area (Å²) in [4.78, 5) is 47.0. The number of urea groups is 1.